The van der Waals surface area contributed by atoms with E-state index in [0.717, 1.165) is 6.20 Å². The number of hydrogen-bond donors (Lipinski definition) is 2. The SMILES string of the molecule is NC(=O)C1CC(=O)N(c2cnc(C(=O)O)cn2)C1. The third-order valence-corrected chi connectivity index (χ3v) is 2.66. The zero-order chi connectivity index (χ0) is 13.3. The summed E-state index contributed by atoms with van der Waals surface area (Å²) >= 11 is 0. The van der Waals surface area contributed by atoms with Crippen LogP contribution in [0.4, 0.5) is 5.82 Å². The molecular formula is C10H10N4O4. The Bertz CT molecular complexity index is 513. The van der Waals surface area contributed by atoms with Gasteiger partial charge in [-0.25, -0.2) is 14.8 Å². The standard InChI is InChI=1S/C10H10N4O4/c11-9(16)5-1-8(15)14(4-5)7-3-12-6(2-13-7)10(17)18/h2-3,5H,1,4H2,(H2,11,16)(H,17,18). The van der Waals surface area contributed by atoms with E-state index < -0.39 is 17.8 Å². The first-order valence-electron chi connectivity index (χ1n) is 5.14. The largest absolute Gasteiger partial charge is 0.476 e. The van der Waals surface area contributed by atoms with E-state index in [1.807, 2.05) is 0 Å². The molecule has 0 radical (unpaired) electrons. The molecule has 1 aliphatic rings. The molecule has 1 unspecified atom stereocenters. The lowest BCUT2D eigenvalue weighted by Crippen LogP contribution is -2.29. The van der Waals surface area contributed by atoms with Crippen molar-refractivity contribution >= 4 is 23.6 Å². The van der Waals surface area contributed by atoms with E-state index in [1.54, 1.807) is 0 Å². The third kappa shape index (κ3) is 2.12. The third-order valence-electron chi connectivity index (χ3n) is 2.66. The molecular weight excluding hydrogens is 240 g/mol. The van der Waals surface area contributed by atoms with Gasteiger partial charge >= 0.3 is 5.97 Å². The monoisotopic (exact) mass is 250 g/mol. The van der Waals surface area contributed by atoms with Crippen molar-refractivity contribution in [2.45, 2.75) is 6.42 Å². The van der Waals surface area contributed by atoms with Crippen LogP contribution in [0.25, 0.3) is 0 Å². The number of anilines is 1. The summed E-state index contributed by atoms with van der Waals surface area (Å²) < 4.78 is 0. The van der Waals surface area contributed by atoms with Gasteiger partial charge in [0.05, 0.1) is 18.3 Å². The van der Waals surface area contributed by atoms with Crippen LogP contribution < -0.4 is 10.6 Å². The van der Waals surface area contributed by atoms with Gasteiger partial charge in [-0.1, -0.05) is 0 Å². The molecule has 0 spiro atoms. The van der Waals surface area contributed by atoms with E-state index in [2.05, 4.69) is 9.97 Å². The summed E-state index contributed by atoms with van der Waals surface area (Å²) in [5.41, 5.74) is 4.92. The van der Waals surface area contributed by atoms with Crippen LogP contribution in [0, 0.1) is 5.92 Å². The van der Waals surface area contributed by atoms with Gasteiger partial charge in [0, 0.05) is 13.0 Å². The fraction of sp³-hybridized carbons (Fsp3) is 0.300. The first kappa shape index (κ1) is 12.0. The number of carbonyl (C=O) groups excluding carboxylic acids is 2. The van der Waals surface area contributed by atoms with Gasteiger partial charge in [0.15, 0.2) is 11.5 Å². The topological polar surface area (TPSA) is 126 Å². The highest BCUT2D eigenvalue weighted by Crippen LogP contribution is 2.22. The van der Waals surface area contributed by atoms with E-state index in [4.69, 9.17) is 10.8 Å². The number of rotatable bonds is 3. The molecule has 0 aromatic carbocycles. The van der Waals surface area contributed by atoms with Crippen LogP contribution in [0.1, 0.15) is 16.9 Å². The van der Waals surface area contributed by atoms with Crippen molar-refractivity contribution in [1.29, 1.82) is 0 Å². The predicted molar refractivity (Wildman–Crippen MR) is 58.6 cm³/mol. The maximum absolute atomic E-state index is 11.6. The molecule has 0 bridgehead atoms. The minimum Gasteiger partial charge on any atom is -0.476 e. The average molecular weight is 250 g/mol. The highest BCUT2D eigenvalue weighted by atomic mass is 16.4. The fourth-order valence-corrected chi connectivity index (χ4v) is 1.69. The molecule has 2 amide bonds. The second kappa shape index (κ2) is 4.40. The van der Waals surface area contributed by atoms with Crippen LogP contribution in [0.2, 0.25) is 0 Å². The van der Waals surface area contributed by atoms with Gasteiger partial charge in [0.2, 0.25) is 11.8 Å². The summed E-state index contributed by atoms with van der Waals surface area (Å²) in [4.78, 5) is 42.0. The van der Waals surface area contributed by atoms with Crippen LogP contribution >= 0.6 is 0 Å². The number of primary amides is 1. The zero-order valence-electron chi connectivity index (χ0n) is 9.24. The molecule has 1 atom stereocenters. The normalized spacial score (nSPS) is 19.0. The molecule has 94 valence electrons. The first-order chi connectivity index (χ1) is 8.49. The van der Waals surface area contributed by atoms with Gasteiger partial charge in [0.25, 0.3) is 0 Å². The summed E-state index contributed by atoms with van der Waals surface area (Å²) in [6, 6.07) is 0. The molecule has 1 fully saturated rings. The molecule has 0 saturated carbocycles. The summed E-state index contributed by atoms with van der Waals surface area (Å²) in [6.45, 7) is 0.148. The van der Waals surface area contributed by atoms with Crippen LogP contribution in [0.5, 0.6) is 0 Å². The van der Waals surface area contributed by atoms with Gasteiger partial charge in [-0.3, -0.25) is 14.5 Å². The molecule has 18 heavy (non-hydrogen) atoms. The fourth-order valence-electron chi connectivity index (χ4n) is 1.69. The molecule has 1 saturated heterocycles. The number of hydrogen-bond acceptors (Lipinski definition) is 5. The molecule has 3 N–H and O–H groups in total. The van der Waals surface area contributed by atoms with Gasteiger partial charge < -0.3 is 10.8 Å². The van der Waals surface area contributed by atoms with Crippen LogP contribution in [0.15, 0.2) is 12.4 Å². The Morgan fingerprint density at radius 1 is 1.39 bits per heavy atom. The van der Waals surface area contributed by atoms with E-state index >= 15 is 0 Å². The van der Waals surface area contributed by atoms with Crippen LogP contribution in [0.3, 0.4) is 0 Å². The van der Waals surface area contributed by atoms with Gasteiger partial charge in [-0.15, -0.1) is 0 Å². The number of carboxylic acids is 1. The predicted octanol–water partition coefficient (Wildman–Crippen LogP) is -0.987. The minimum absolute atomic E-state index is 0.0394. The molecule has 8 heteroatoms. The highest BCUT2D eigenvalue weighted by molar-refractivity contribution is 5.99. The lowest BCUT2D eigenvalue weighted by Gasteiger charge is -2.14. The van der Waals surface area contributed by atoms with Gasteiger partial charge in [-0.2, -0.15) is 0 Å². The Morgan fingerprint density at radius 2 is 2.11 bits per heavy atom. The van der Waals surface area contributed by atoms with E-state index in [1.165, 1.54) is 11.1 Å². The Kier molecular flexibility index (Phi) is 2.92. The molecule has 0 aliphatic carbocycles. The number of nitrogens with zero attached hydrogens (tertiary/aromatic N) is 3. The van der Waals surface area contributed by atoms with Gasteiger partial charge in [0.1, 0.15) is 0 Å². The number of aromatic carboxylic acids is 1. The smallest absolute Gasteiger partial charge is 0.356 e. The highest BCUT2D eigenvalue weighted by Gasteiger charge is 2.34. The Morgan fingerprint density at radius 3 is 2.56 bits per heavy atom. The number of nitrogens with two attached hydrogens (primary N) is 1. The first-order valence-corrected chi connectivity index (χ1v) is 5.14. The van der Waals surface area contributed by atoms with Gasteiger partial charge in [-0.05, 0) is 0 Å². The second-order valence-corrected chi connectivity index (χ2v) is 3.87. The summed E-state index contributed by atoms with van der Waals surface area (Å²) in [7, 11) is 0. The Hall–Kier alpha value is -2.51. The molecule has 1 aromatic rings. The molecule has 8 nitrogen and oxygen atoms in total. The molecule has 1 aliphatic heterocycles. The zero-order valence-corrected chi connectivity index (χ0v) is 9.24. The van der Waals surface area contributed by atoms with Crippen molar-refractivity contribution in [2.75, 3.05) is 11.4 Å². The lowest BCUT2D eigenvalue weighted by molar-refractivity contribution is -0.123. The number of aromatic nitrogens is 2. The number of amides is 2. The van der Waals surface area contributed by atoms with Crippen LogP contribution in [-0.4, -0.2) is 39.4 Å². The summed E-state index contributed by atoms with van der Waals surface area (Å²) in [5, 5.41) is 8.66. The Labute approximate surface area is 101 Å². The van der Waals surface area contributed by atoms with E-state index in [-0.39, 0.29) is 30.4 Å². The quantitative estimate of drug-likeness (QED) is 0.709. The van der Waals surface area contributed by atoms with Crippen molar-refractivity contribution in [3.05, 3.63) is 18.1 Å². The minimum atomic E-state index is -1.20. The maximum Gasteiger partial charge on any atom is 0.356 e. The number of carboxylic acid groups (broad SMARTS) is 1. The van der Waals surface area contributed by atoms with Crippen LogP contribution in [-0.2, 0) is 9.59 Å². The van der Waals surface area contributed by atoms with E-state index in [9.17, 15) is 14.4 Å². The second-order valence-electron chi connectivity index (χ2n) is 3.87. The van der Waals surface area contributed by atoms with Crippen molar-refractivity contribution < 1.29 is 19.5 Å². The maximum atomic E-state index is 11.6. The van der Waals surface area contributed by atoms with Crippen molar-refractivity contribution in [1.82, 2.24) is 9.97 Å². The average Bonchev–Trinajstić information content (AvgIpc) is 2.71. The molecule has 2 heterocycles. The van der Waals surface area contributed by atoms with Crippen molar-refractivity contribution in [3.63, 3.8) is 0 Å². The molecule has 2 rings (SSSR count). The molecule has 1 aromatic heterocycles. The summed E-state index contributed by atoms with van der Waals surface area (Å²) in [6.07, 6.45) is 2.28. The number of carbonyl (C=O) groups is 3. The lowest BCUT2D eigenvalue weighted by atomic mass is 10.1. The Balaban J connectivity index is 2.19. The van der Waals surface area contributed by atoms with E-state index in [0.29, 0.717) is 0 Å². The summed E-state index contributed by atoms with van der Waals surface area (Å²) in [5.74, 6) is -2.35. The van der Waals surface area contributed by atoms with Crippen molar-refractivity contribution in [3.8, 4) is 0 Å². The van der Waals surface area contributed by atoms with Crippen molar-refractivity contribution in [2.24, 2.45) is 11.7 Å².